The van der Waals surface area contributed by atoms with Gasteiger partial charge >= 0.3 is 0 Å². The van der Waals surface area contributed by atoms with Crippen LogP contribution in [0.5, 0.6) is 0 Å². The summed E-state index contributed by atoms with van der Waals surface area (Å²) in [6, 6.07) is 17.4. The maximum absolute atomic E-state index is 12.5. The largest absolute Gasteiger partial charge is 0.378 e. The number of hydrogen-bond acceptors (Lipinski definition) is 3. The molecule has 3 aliphatic rings. The van der Waals surface area contributed by atoms with Crippen LogP contribution in [0.15, 0.2) is 48.5 Å². The van der Waals surface area contributed by atoms with Gasteiger partial charge in [-0.2, -0.15) is 0 Å². The van der Waals surface area contributed by atoms with Crippen LogP contribution in [0.4, 0.5) is 5.69 Å². The van der Waals surface area contributed by atoms with E-state index in [9.17, 15) is 4.79 Å². The number of nitrogens with one attached hydrogen (secondary N) is 3. The summed E-state index contributed by atoms with van der Waals surface area (Å²) in [5.41, 5.74) is 4.49. The fraction of sp³-hybridized carbons (Fsp3) is 0.409. The Morgan fingerprint density at radius 2 is 1.88 bits per heavy atom. The van der Waals surface area contributed by atoms with Gasteiger partial charge in [0.2, 0.25) is 0 Å². The molecule has 1 amide bonds. The molecule has 3 N–H and O–H groups in total. The fourth-order valence-electron chi connectivity index (χ4n) is 4.44. The molecule has 2 aliphatic heterocycles. The van der Waals surface area contributed by atoms with Crippen LogP contribution in [0.1, 0.15) is 52.8 Å². The predicted octanol–water partition coefficient (Wildman–Crippen LogP) is 3.64. The van der Waals surface area contributed by atoms with E-state index >= 15 is 0 Å². The molecular weight excluding hydrogens is 322 g/mol. The first-order valence-corrected chi connectivity index (χ1v) is 9.76. The first-order valence-electron chi connectivity index (χ1n) is 9.76. The van der Waals surface area contributed by atoms with E-state index in [4.69, 9.17) is 0 Å². The lowest BCUT2D eigenvalue weighted by molar-refractivity contribution is 0.0951. The zero-order valence-electron chi connectivity index (χ0n) is 14.9. The standard InChI is InChI=1S/C22H25N3O/c26-22(24-13-14-6-7-14)16-8-9-19-18(12-16)21-17(10-11-23-21)20(25-19)15-4-2-1-3-5-15/h1-5,8-9,12,14,17,20-21,23,25H,6-7,10-11,13H2,(H,24,26)/t17-,20?,21-/m0/s1. The Hall–Kier alpha value is -2.33. The second kappa shape index (κ2) is 6.44. The minimum atomic E-state index is 0.0550. The molecule has 26 heavy (non-hydrogen) atoms. The van der Waals surface area contributed by atoms with Gasteiger partial charge < -0.3 is 16.0 Å². The quantitative estimate of drug-likeness (QED) is 0.791. The zero-order chi connectivity index (χ0) is 17.5. The Bertz CT molecular complexity index is 815. The number of benzene rings is 2. The Morgan fingerprint density at radius 1 is 1.04 bits per heavy atom. The molecule has 0 radical (unpaired) electrons. The van der Waals surface area contributed by atoms with Crippen molar-refractivity contribution in [1.82, 2.24) is 10.6 Å². The smallest absolute Gasteiger partial charge is 0.251 e. The summed E-state index contributed by atoms with van der Waals surface area (Å²) in [4.78, 5) is 12.5. The van der Waals surface area contributed by atoms with Crippen LogP contribution in [0, 0.1) is 11.8 Å². The number of carbonyl (C=O) groups excluding carboxylic acids is 1. The molecule has 4 nitrogen and oxygen atoms in total. The summed E-state index contributed by atoms with van der Waals surface area (Å²) in [5.74, 6) is 1.26. The van der Waals surface area contributed by atoms with Crippen molar-refractivity contribution in [3.8, 4) is 0 Å². The lowest BCUT2D eigenvalue weighted by Gasteiger charge is -2.37. The van der Waals surface area contributed by atoms with Crippen LogP contribution in [0.2, 0.25) is 0 Å². The van der Waals surface area contributed by atoms with Gasteiger partial charge in [-0.15, -0.1) is 0 Å². The number of rotatable bonds is 4. The molecule has 2 heterocycles. The van der Waals surface area contributed by atoms with Gasteiger partial charge in [0, 0.05) is 29.8 Å². The molecule has 2 fully saturated rings. The van der Waals surface area contributed by atoms with Crippen LogP contribution in [-0.4, -0.2) is 19.0 Å². The molecule has 0 aromatic heterocycles. The number of hydrogen-bond donors (Lipinski definition) is 3. The van der Waals surface area contributed by atoms with Crippen LogP contribution in [0.25, 0.3) is 0 Å². The zero-order valence-corrected chi connectivity index (χ0v) is 14.9. The molecule has 1 aliphatic carbocycles. The fourth-order valence-corrected chi connectivity index (χ4v) is 4.44. The topological polar surface area (TPSA) is 53.2 Å². The average Bonchev–Trinajstić information content (AvgIpc) is 3.39. The van der Waals surface area contributed by atoms with Crippen molar-refractivity contribution in [2.45, 2.75) is 31.3 Å². The second-order valence-corrected chi connectivity index (χ2v) is 7.87. The highest BCUT2D eigenvalue weighted by atomic mass is 16.1. The van der Waals surface area contributed by atoms with Crippen molar-refractivity contribution in [2.75, 3.05) is 18.4 Å². The molecule has 1 saturated heterocycles. The summed E-state index contributed by atoms with van der Waals surface area (Å²) in [6.07, 6.45) is 3.65. The van der Waals surface area contributed by atoms with Gasteiger partial charge in [-0.1, -0.05) is 30.3 Å². The van der Waals surface area contributed by atoms with Crippen molar-refractivity contribution in [3.63, 3.8) is 0 Å². The van der Waals surface area contributed by atoms with E-state index in [-0.39, 0.29) is 5.91 Å². The summed E-state index contributed by atoms with van der Waals surface area (Å²) in [7, 11) is 0. The third-order valence-electron chi connectivity index (χ3n) is 6.06. The number of amides is 1. The minimum absolute atomic E-state index is 0.0550. The van der Waals surface area contributed by atoms with Crippen molar-refractivity contribution in [2.24, 2.45) is 11.8 Å². The van der Waals surface area contributed by atoms with E-state index in [1.807, 2.05) is 6.07 Å². The van der Waals surface area contributed by atoms with E-state index in [0.717, 1.165) is 30.8 Å². The first-order chi connectivity index (χ1) is 12.8. The van der Waals surface area contributed by atoms with Crippen molar-refractivity contribution < 1.29 is 4.79 Å². The monoisotopic (exact) mass is 347 g/mol. The van der Waals surface area contributed by atoms with Gasteiger partial charge in [0.25, 0.3) is 5.91 Å². The molecule has 4 heteroatoms. The highest BCUT2D eigenvalue weighted by Crippen LogP contribution is 2.47. The van der Waals surface area contributed by atoms with Gasteiger partial charge in [-0.25, -0.2) is 0 Å². The maximum Gasteiger partial charge on any atom is 0.251 e. The maximum atomic E-state index is 12.5. The van der Waals surface area contributed by atoms with E-state index < -0.39 is 0 Å². The lowest BCUT2D eigenvalue weighted by atomic mass is 9.80. The van der Waals surface area contributed by atoms with E-state index in [1.165, 1.54) is 24.0 Å². The molecule has 3 atom stereocenters. The molecule has 5 rings (SSSR count). The normalized spacial score (nSPS) is 26.5. The number of fused-ring (bicyclic) bond motifs is 3. The van der Waals surface area contributed by atoms with Gasteiger partial charge in [0.1, 0.15) is 0 Å². The van der Waals surface area contributed by atoms with Crippen molar-refractivity contribution in [1.29, 1.82) is 0 Å². The first kappa shape index (κ1) is 15.9. The Morgan fingerprint density at radius 3 is 2.69 bits per heavy atom. The summed E-state index contributed by atoms with van der Waals surface area (Å²) in [5, 5.41) is 10.5. The third-order valence-corrected chi connectivity index (χ3v) is 6.06. The Balaban J connectivity index is 1.43. The predicted molar refractivity (Wildman–Crippen MR) is 103 cm³/mol. The van der Waals surface area contributed by atoms with Crippen LogP contribution in [-0.2, 0) is 0 Å². The number of carbonyl (C=O) groups is 1. The Kier molecular flexibility index (Phi) is 3.93. The Labute approximate surface area is 154 Å². The van der Waals surface area contributed by atoms with Crippen LogP contribution in [0.3, 0.4) is 0 Å². The van der Waals surface area contributed by atoms with Crippen LogP contribution < -0.4 is 16.0 Å². The molecule has 0 spiro atoms. The molecule has 1 saturated carbocycles. The van der Waals surface area contributed by atoms with E-state index in [2.05, 4.69) is 58.4 Å². The summed E-state index contributed by atoms with van der Waals surface area (Å²) in [6.45, 7) is 1.84. The molecule has 2 aromatic carbocycles. The molecule has 1 unspecified atom stereocenters. The van der Waals surface area contributed by atoms with Gasteiger partial charge in [0.15, 0.2) is 0 Å². The highest BCUT2D eigenvalue weighted by Gasteiger charge is 2.40. The molecule has 134 valence electrons. The summed E-state index contributed by atoms with van der Waals surface area (Å²) < 4.78 is 0. The second-order valence-electron chi connectivity index (χ2n) is 7.87. The van der Waals surface area contributed by atoms with Crippen molar-refractivity contribution in [3.05, 3.63) is 65.2 Å². The van der Waals surface area contributed by atoms with Crippen molar-refractivity contribution >= 4 is 11.6 Å². The van der Waals surface area contributed by atoms with Crippen LogP contribution >= 0.6 is 0 Å². The SMILES string of the molecule is O=C(NCC1CC1)c1ccc2c(c1)[C@H]1NCC[C@H]1C(c1ccccc1)N2. The van der Waals surface area contributed by atoms with Gasteiger partial charge in [0.05, 0.1) is 6.04 Å². The van der Waals surface area contributed by atoms with Gasteiger partial charge in [-0.3, -0.25) is 4.79 Å². The minimum Gasteiger partial charge on any atom is -0.378 e. The van der Waals surface area contributed by atoms with E-state index in [0.29, 0.717) is 23.9 Å². The molecule has 2 aromatic rings. The molecular formula is C22H25N3O. The molecule has 0 bridgehead atoms. The lowest BCUT2D eigenvalue weighted by Crippen LogP contribution is -2.33. The highest BCUT2D eigenvalue weighted by molar-refractivity contribution is 5.95. The van der Waals surface area contributed by atoms with Gasteiger partial charge in [-0.05, 0) is 61.1 Å². The summed E-state index contributed by atoms with van der Waals surface area (Å²) >= 11 is 0. The third kappa shape index (κ3) is 2.88. The van der Waals surface area contributed by atoms with E-state index in [1.54, 1.807) is 0 Å². The average molecular weight is 347 g/mol. The number of anilines is 1.